The van der Waals surface area contributed by atoms with Crippen molar-refractivity contribution in [2.45, 2.75) is 24.0 Å². The quantitative estimate of drug-likeness (QED) is 0.151. The molecule has 4 aromatic rings. The Hall–Kier alpha value is -3.36. The van der Waals surface area contributed by atoms with E-state index in [2.05, 4.69) is 40.3 Å². The van der Waals surface area contributed by atoms with Gasteiger partial charge in [-0.2, -0.15) is 4.98 Å². The first-order chi connectivity index (χ1) is 20.3. The number of piperazine rings is 1. The highest BCUT2D eigenvalue weighted by molar-refractivity contribution is 7.92. The topological polar surface area (TPSA) is 163 Å². The Morgan fingerprint density at radius 1 is 1.07 bits per heavy atom. The molecule has 0 saturated carbocycles. The van der Waals surface area contributed by atoms with E-state index in [0.29, 0.717) is 10.4 Å². The number of hydrogen-bond acceptors (Lipinski definition) is 14. The molecular weight excluding hydrogens is 631 g/mol. The van der Waals surface area contributed by atoms with Crippen molar-refractivity contribution in [2.75, 3.05) is 59.6 Å². The Balaban J connectivity index is 1.36. The molecule has 0 aliphatic carbocycles. The summed E-state index contributed by atoms with van der Waals surface area (Å²) < 4.78 is 39.4. The zero-order chi connectivity index (χ0) is 30.9. The van der Waals surface area contributed by atoms with Crippen LogP contribution in [-0.2, 0) is 14.4 Å². The van der Waals surface area contributed by atoms with E-state index in [-0.39, 0.29) is 27.4 Å². The highest BCUT2D eigenvalue weighted by Crippen LogP contribution is 2.39. The predicted octanol–water partition coefficient (Wildman–Crippen LogP) is 3.89. The minimum atomic E-state index is -3.81. The molecule has 0 amide bonds. The van der Waals surface area contributed by atoms with Crippen molar-refractivity contribution >= 4 is 78.8 Å². The lowest BCUT2D eigenvalue weighted by Crippen LogP contribution is -2.46. The fourth-order valence-electron chi connectivity index (χ4n) is 4.38. The molecule has 0 radical (unpaired) electrons. The number of sulfone groups is 1. The number of nitrogens with one attached hydrogen (secondary N) is 1. The maximum absolute atomic E-state index is 13.3. The molecule has 0 unspecified atom stereocenters. The van der Waals surface area contributed by atoms with Crippen LogP contribution >= 0.6 is 30.1 Å². The number of benzene rings is 1. The van der Waals surface area contributed by atoms with Gasteiger partial charge in [0.05, 0.1) is 22.0 Å². The molecule has 0 atom stereocenters. The molecular formula is C26H32ClN10O3PS2. The number of halogens is 1. The van der Waals surface area contributed by atoms with Gasteiger partial charge in [0.25, 0.3) is 0 Å². The van der Waals surface area contributed by atoms with Crippen LogP contribution in [0.1, 0.15) is 13.8 Å². The van der Waals surface area contributed by atoms with Crippen molar-refractivity contribution in [1.29, 1.82) is 0 Å². The molecule has 1 fully saturated rings. The Labute approximate surface area is 259 Å². The fourth-order valence-corrected chi connectivity index (χ4v) is 7.57. The van der Waals surface area contributed by atoms with Crippen LogP contribution in [0.4, 0.5) is 33.5 Å². The summed E-state index contributed by atoms with van der Waals surface area (Å²) in [5, 5.41) is 13.7. The molecule has 1 aromatic carbocycles. The summed E-state index contributed by atoms with van der Waals surface area (Å²) >= 11 is 7.78. The lowest BCUT2D eigenvalue weighted by Gasteiger charge is -2.34. The van der Waals surface area contributed by atoms with Crippen LogP contribution in [0, 0.1) is 0 Å². The van der Waals surface area contributed by atoms with Crippen LogP contribution in [0.25, 0.3) is 0 Å². The number of hydrazine groups is 1. The Bertz CT molecular complexity index is 1760. The SMILES string of the molecule is CC(C)S(=O)(=O)c1cc(P(C)(C)=O)ccc1N(N)c1nc(Nc2nnc(N3CCN(c4ccccn4)CC3)s2)ncc1Cl. The van der Waals surface area contributed by atoms with E-state index >= 15 is 0 Å². The number of pyridine rings is 1. The monoisotopic (exact) mass is 662 g/mol. The maximum Gasteiger partial charge on any atom is 0.231 e. The minimum Gasteiger partial charge on any atom is -0.353 e. The Morgan fingerprint density at radius 2 is 1.79 bits per heavy atom. The number of aromatic nitrogens is 5. The van der Waals surface area contributed by atoms with Gasteiger partial charge in [-0.25, -0.2) is 24.2 Å². The maximum atomic E-state index is 13.3. The summed E-state index contributed by atoms with van der Waals surface area (Å²) in [5.74, 6) is 7.61. The first kappa shape index (κ1) is 31.1. The van der Waals surface area contributed by atoms with E-state index in [1.807, 2.05) is 18.2 Å². The molecule has 1 aliphatic heterocycles. The molecule has 1 saturated heterocycles. The zero-order valence-electron chi connectivity index (χ0n) is 24.0. The van der Waals surface area contributed by atoms with Gasteiger partial charge in [-0.3, -0.25) is 10.3 Å². The van der Waals surface area contributed by atoms with Gasteiger partial charge >= 0.3 is 0 Å². The van der Waals surface area contributed by atoms with Crippen LogP contribution in [0.2, 0.25) is 5.02 Å². The molecule has 3 aromatic heterocycles. The van der Waals surface area contributed by atoms with E-state index in [4.69, 9.17) is 17.4 Å². The highest BCUT2D eigenvalue weighted by Gasteiger charge is 2.29. The van der Waals surface area contributed by atoms with Crippen LogP contribution in [0.3, 0.4) is 0 Å². The van der Waals surface area contributed by atoms with E-state index in [9.17, 15) is 13.0 Å². The number of rotatable bonds is 9. The molecule has 0 spiro atoms. The third-order valence-electron chi connectivity index (χ3n) is 6.86. The molecule has 17 heteroatoms. The van der Waals surface area contributed by atoms with Crippen LogP contribution < -0.4 is 31.3 Å². The summed E-state index contributed by atoms with van der Waals surface area (Å²) in [6.07, 6.45) is 3.15. The smallest absolute Gasteiger partial charge is 0.231 e. The molecule has 43 heavy (non-hydrogen) atoms. The first-order valence-electron chi connectivity index (χ1n) is 13.4. The van der Waals surface area contributed by atoms with Crippen LogP contribution in [0.15, 0.2) is 53.7 Å². The van der Waals surface area contributed by atoms with Gasteiger partial charge < -0.3 is 14.4 Å². The lowest BCUT2D eigenvalue weighted by atomic mass is 10.3. The minimum absolute atomic E-state index is 0.0625. The van der Waals surface area contributed by atoms with E-state index in [1.54, 1.807) is 39.4 Å². The second kappa shape index (κ2) is 12.3. The molecule has 3 N–H and O–H groups in total. The molecule has 1 aliphatic rings. The van der Waals surface area contributed by atoms with Gasteiger partial charge in [0.2, 0.25) is 16.2 Å². The average molecular weight is 663 g/mol. The number of nitrogens with zero attached hydrogens (tertiary/aromatic N) is 8. The van der Waals surface area contributed by atoms with Crippen LogP contribution in [0.5, 0.6) is 0 Å². The molecule has 5 rings (SSSR count). The van der Waals surface area contributed by atoms with Gasteiger partial charge in [-0.05, 0) is 57.5 Å². The van der Waals surface area contributed by atoms with Gasteiger partial charge in [-0.1, -0.05) is 29.0 Å². The largest absolute Gasteiger partial charge is 0.353 e. The number of hydrogen-bond donors (Lipinski definition) is 2. The number of nitrogens with two attached hydrogens (primary N) is 1. The zero-order valence-corrected chi connectivity index (χ0v) is 27.3. The van der Waals surface area contributed by atoms with Crippen molar-refractivity contribution in [3.05, 3.63) is 53.8 Å². The van der Waals surface area contributed by atoms with Crippen LogP contribution in [-0.4, -0.2) is 78.3 Å². The second-order valence-electron chi connectivity index (χ2n) is 10.5. The summed E-state index contributed by atoms with van der Waals surface area (Å²) in [5.41, 5.74) is 0.139. The van der Waals surface area contributed by atoms with Crippen molar-refractivity contribution in [3.63, 3.8) is 0 Å². The van der Waals surface area contributed by atoms with Crippen molar-refractivity contribution in [1.82, 2.24) is 25.1 Å². The molecule has 0 bridgehead atoms. The van der Waals surface area contributed by atoms with Gasteiger partial charge in [-0.15, -0.1) is 10.2 Å². The summed E-state index contributed by atoms with van der Waals surface area (Å²) in [4.78, 5) is 17.5. The third kappa shape index (κ3) is 6.75. The first-order valence-corrected chi connectivity index (χ1v) is 18.7. The lowest BCUT2D eigenvalue weighted by molar-refractivity contribution is 0.587. The van der Waals surface area contributed by atoms with Gasteiger partial charge in [0.15, 0.2) is 15.7 Å². The summed E-state index contributed by atoms with van der Waals surface area (Å²) in [6, 6.07) is 10.4. The fraction of sp³-hybridized carbons (Fsp3) is 0.346. The summed E-state index contributed by atoms with van der Waals surface area (Å²) in [7, 11) is -6.57. The summed E-state index contributed by atoms with van der Waals surface area (Å²) in [6.45, 7) is 9.43. The standard InChI is InChI=1S/C26H32ClN10O3PS2/c1-17(2)43(39,40)21-15-18(41(3,4)38)8-9-20(21)37(28)23-19(27)16-30-24(31-23)32-25-33-34-26(42-25)36-13-11-35(12-14-36)22-7-5-6-10-29-22/h5-10,15-17H,11-14,28H2,1-4H3,(H,30,31,32,33). The molecule has 228 valence electrons. The Morgan fingerprint density at radius 3 is 2.44 bits per heavy atom. The average Bonchev–Trinajstić information content (AvgIpc) is 3.46. The van der Waals surface area contributed by atoms with Crippen molar-refractivity contribution < 1.29 is 13.0 Å². The third-order valence-corrected chi connectivity index (χ3v) is 11.7. The second-order valence-corrected chi connectivity index (χ2v) is 17.6. The van der Waals surface area contributed by atoms with E-state index < -0.39 is 22.2 Å². The molecule has 13 nitrogen and oxygen atoms in total. The van der Waals surface area contributed by atoms with E-state index in [1.165, 1.54) is 29.7 Å². The number of anilines is 6. The van der Waals surface area contributed by atoms with E-state index in [0.717, 1.165) is 42.1 Å². The predicted molar refractivity (Wildman–Crippen MR) is 173 cm³/mol. The van der Waals surface area contributed by atoms with Crippen molar-refractivity contribution in [3.8, 4) is 0 Å². The normalized spacial score (nSPS) is 14.3. The Kier molecular flexibility index (Phi) is 8.91. The van der Waals surface area contributed by atoms with Crippen molar-refractivity contribution in [2.24, 2.45) is 5.84 Å². The van der Waals surface area contributed by atoms with Gasteiger partial charge in [0.1, 0.15) is 18.0 Å². The molecule has 4 heterocycles. The highest BCUT2D eigenvalue weighted by atomic mass is 35.5. The van der Waals surface area contributed by atoms with Gasteiger partial charge in [0, 0.05) is 37.7 Å².